The fraction of sp³-hybridized carbons (Fsp3) is 0.375. The van der Waals surface area contributed by atoms with E-state index >= 15 is 0 Å². The molecule has 0 saturated carbocycles. The van der Waals surface area contributed by atoms with Gasteiger partial charge in [0.05, 0.1) is 17.6 Å². The number of rotatable bonds is 9. The molecule has 42 heavy (non-hydrogen) atoms. The Morgan fingerprint density at radius 3 is 2.36 bits per heavy atom. The number of anilines is 2. The highest BCUT2D eigenvalue weighted by Gasteiger charge is 2.24. The number of pyridine rings is 1. The van der Waals surface area contributed by atoms with Gasteiger partial charge in [-0.3, -0.25) is 14.9 Å². The maximum atomic E-state index is 12.9. The van der Waals surface area contributed by atoms with E-state index in [1.165, 1.54) is 0 Å². The van der Waals surface area contributed by atoms with E-state index in [0.717, 1.165) is 74.5 Å². The van der Waals surface area contributed by atoms with Crippen LogP contribution >= 0.6 is 0 Å². The number of aromatic nitrogens is 1. The second-order valence-electron chi connectivity index (χ2n) is 10.7. The molecular formula is C32H38N6O4. The van der Waals surface area contributed by atoms with Crippen molar-refractivity contribution < 1.29 is 19.1 Å². The zero-order valence-corrected chi connectivity index (χ0v) is 24.0. The Balaban J connectivity index is 1.03. The summed E-state index contributed by atoms with van der Waals surface area (Å²) >= 11 is 0. The number of nitrogens with one attached hydrogen (secondary N) is 1. The number of amides is 3. The maximum Gasteiger partial charge on any atom is 0.411 e. The number of piperidine rings is 1. The van der Waals surface area contributed by atoms with Gasteiger partial charge in [-0.15, -0.1) is 0 Å². The van der Waals surface area contributed by atoms with Crippen LogP contribution in [-0.2, 0) is 9.53 Å². The zero-order chi connectivity index (χ0) is 29.3. The molecule has 0 aliphatic carbocycles. The van der Waals surface area contributed by atoms with Crippen molar-refractivity contribution in [2.45, 2.75) is 18.9 Å². The predicted molar refractivity (Wildman–Crippen MR) is 162 cm³/mol. The first-order chi connectivity index (χ1) is 20.5. The number of benzene rings is 2. The van der Waals surface area contributed by atoms with Crippen LogP contribution in [0.5, 0.6) is 0 Å². The largest absolute Gasteiger partial charge is 0.446 e. The van der Waals surface area contributed by atoms with Crippen LogP contribution < -0.4 is 10.2 Å². The van der Waals surface area contributed by atoms with Crippen LogP contribution in [0.2, 0.25) is 0 Å². The fourth-order valence-corrected chi connectivity index (χ4v) is 5.38. The number of likely N-dealkylation sites (tertiary alicyclic amines) is 1. The summed E-state index contributed by atoms with van der Waals surface area (Å²) in [5, 5.41) is 2.92. The Labute approximate surface area is 246 Å². The Morgan fingerprint density at radius 2 is 1.67 bits per heavy atom. The molecule has 2 saturated heterocycles. The summed E-state index contributed by atoms with van der Waals surface area (Å²) < 4.78 is 5.75. The minimum atomic E-state index is -0.441. The van der Waals surface area contributed by atoms with Gasteiger partial charge in [0.2, 0.25) is 6.41 Å². The molecule has 2 aliphatic heterocycles. The van der Waals surface area contributed by atoms with Crippen LogP contribution in [0.3, 0.4) is 0 Å². The number of carbonyl (C=O) groups excluding carboxylic acids is 3. The summed E-state index contributed by atoms with van der Waals surface area (Å²) in [6.45, 7) is 5.79. The van der Waals surface area contributed by atoms with Crippen LogP contribution in [0.25, 0.3) is 11.1 Å². The van der Waals surface area contributed by atoms with Crippen LogP contribution in [0.4, 0.5) is 16.2 Å². The van der Waals surface area contributed by atoms with Gasteiger partial charge in [0.25, 0.3) is 5.91 Å². The normalized spacial score (nSPS) is 16.1. The van der Waals surface area contributed by atoms with Crippen molar-refractivity contribution in [1.29, 1.82) is 0 Å². The lowest BCUT2D eigenvalue weighted by atomic mass is 10.0. The van der Waals surface area contributed by atoms with E-state index in [1.807, 2.05) is 60.7 Å². The highest BCUT2D eigenvalue weighted by Crippen LogP contribution is 2.28. The van der Waals surface area contributed by atoms with E-state index in [-0.39, 0.29) is 12.0 Å². The molecule has 220 valence electrons. The first-order valence-corrected chi connectivity index (χ1v) is 14.5. The molecule has 0 unspecified atom stereocenters. The molecule has 3 heterocycles. The Bertz CT molecular complexity index is 1340. The highest BCUT2D eigenvalue weighted by molar-refractivity contribution is 5.92. The van der Waals surface area contributed by atoms with E-state index in [0.29, 0.717) is 25.3 Å². The van der Waals surface area contributed by atoms with Crippen molar-refractivity contribution in [2.24, 2.45) is 0 Å². The van der Waals surface area contributed by atoms with Gasteiger partial charge in [0.15, 0.2) is 0 Å². The van der Waals surface area contributed by atoms with Crippen molar-refractivity contribution in [2.75, 3.05) is 69.6 Å². The van der Waals surface area contributed by atoms with Crippen LogP contribution in [0.1, 0.15) is 23.3 Å². The third-order valence-corrected chi connectivity index (χ3v) is 7.95. The number of para-hydroxylation sites is 1. The lowest BCUT2D eigenvalue weighted by Gasteiger charge is -2.34. The third kappa shape index (κ3) is 7.44. The number of likely N-dealkylation sites (N-methyl/N-ethyl adjacent to an activating group) is 1. The molecule has 5 rings (SSSR count). The molecule has 2 aliphatic rings. The van der Waals surface area contributed by atoms with Gasteiger partial charge in [-0.2, -0.15) is 0 Å². The summed E-state index contributed by atoms with van der Waals surface area (Å²) in [5.74, 6) is -0.113. The second kappa shape index (κ2) is 14.0. The summed E-state index contributed by atoms with van der Waals surface area (Å²) in [5.41, 5.74) is 4.08. The maximum absolute atomic E-state index is 12.9. The second-order valence-corrected chi connectivity index (χ2v) is 10.7. The lowest BCUT2D eigenvalue weighted by molar-refractivity contribution is -0.118. The number of ether oxygens (including phenoxy) is 1. The van der Waals surface area contributed by atoms with E-state index < -0.39 is 6.09 Å². The molecule has 2 aromatic carbocycles. The fourth-order valence-electron chi connectivity index (χ4n) is 5.38. The quantitative estimate of drug-likeness (QED) is 0.391. The zero-order valence-electron chi connectivity index (χ0n) is 24.0. The molecule has 0 bridgehead atoms. The number of hydrogen-bond donors (Lipinski definition) is 1. The lowest BCUT2D eigenvalue weighted by Crippen LogP contribution is -2.45. The Hall–Kier alpha value is -4.44. The average Bonchev–Trinajstić information content (AvgIpc) is 3.04. The Kier molecular flexibility index (Phi) is 9.66. The third-order valence-electron chi connectivity index (χ3n) is 7.95. The summed E-state index contributed by atoms with van der Waals surface area (Å²) in [4.78, 5) is 48.9. The van der Waals surface area contributed by atoms with Gasteiger partial charge in [0.1, 0.15) is 11.8 Å². The van der Waals surface area contributed by atoms with E-state index in [2.05, 4.69) is 20.1 Å². The van der Waals surface area contributed by atoms with Gasteiger partial charge >= 0.3 is 6.09 Å². The van der Waals surface area contributed by atoms with Crippen LogP contribution in [0, 0.1) is 0 Å². The van der Waals surface area contributed by atoms with Gasteiger partial charge < -0.3 is 24.3 Å². The van der Waals surface area contributed by atoms with Crippen molar-refractivity contribution in [3.8, 4) is 11.1 Å². The number of nitrogens with zero attached hydrogens (tertiary/aromatic N) is 5. The smallest absolute Gasteiger partial charge is 0.411 e. The van der Waals surface area contributed by atoms with Crippen molar-refractivity contribution in [3.05, 3.63) is 78.6 Å². The molecule has 2 fully saturated rings. The summed E-state index contributed by atoms with van der Waals surface area (Å²) in [6, 6.07) is 21.3. The predicted octanol–water partition coefficient (Wildman–Crippen LogP) is 3.81. The summed E-state index contributed by atoms with van der Waals surface area (Å²) in [7, 11) is 1.80. The number of hydrogen-bond acceptors (Lipinski definition) is 7. The highest BCUT2D eigenvalue weighted by atomic mass is 16.6. The molecule has 0 radical (unpaired) electrons. The van der Waals surface area contributed by atoms with Crippen molar-refractivity contribution in [1.82, 2.24) is 19.7 Å². The monoisotopic (exact) mass is 570 g/mol. The molecule has 1 aromatic heterocycles. The summed E-state index contributed by atoms with van der Waals surface area (Å²) in [6.07, 6.45) is 3.53. The van der Waals surface area contributed by atoms with E-state index in [4.69, 9.17) is 4.74 Å². The molecule has 10 heteroatoms. The molecule has 0 atom stereocenters. The van der Waals surface area contributed by atoms with Gasteiger partial charge in [-0.25, -0.2) is 9.78 Å². The SMILES string of the molecule is CN(CCN1CCC(OC(=O)Nc2ccccc2-c2ccccc2)CC1)C(=O)c1ccc(N2CCN(C=O)CC2)cn1. The molecule has 1 N–H and O–H groups in total. The molecular weight excluding hydrogens is 532 g/mol. The van der Waals surface area contributed by atoms with E-state index in [9.17, 15) is 14.4 Å². The molecule has 10 nitrogen and oxygen atoms in total. The van der Waals surface area contributed by atoms with E-state index in [1.54, 1.807) is 29.1 Å². The van der Waals surface area contributed by atoms with Gasteiger partial charge in [-0.1, -0.05) is 48.5 Å². The number of piperazine rings is 1. The first-order valence-electron chi connectivity index (χ1n) is 14.5. The molecule has 3 aromatic rings. The number of carbonyl (C=O) groups is 3. The Morgan fingerprint density at radius 1 is 0.952 bits per heavy atom. The van der Waals surface area contributed by atoms with Crippen LogP contribution in [-0.4, -0.2) is 104 Å². The topological polar surface area (TPSA) is 98.3 Å². The minimum absolute atomic E-state index is 0.113. The molecule has 3 amide bonds. The van der Waals surface area contributed by atoms with Crippen LogP contribution in [0.15, 0.2) is 72.9 Å². The standard InChI is InChI=1S/C32H38N6O4/c1-35(31(40)30-12-11-26(23-33-30)38-21-19-37(24-39)20-22-38)17-18-36-15-13-27(14-16-36)42-32(41)34-29-10-6-5-9-28(29)25-7-3-2-4-8-25/h2-12,23-24,27H,13-22H2,1H3,(H,34,41). The van der Waals surface area contributed by atoms with Crippen molar-refractivity contribution in [3.63, 3.8) is 0 Å². The van der Waals surface area contributed by atoms with Gasteiger partial charge in [0, 0.05) is 65.0 Å². The molecule has 0 spiro atoms. The minimum Gasteiger partial charge on any atom is -0.446 e. The van der Waals surface area contributed by atoms with Gasteiger partial charge in [-0.05, 0) is 36.6 Å². The van der Waals surface area contributed by atoms with Crippen molar-refractivity contribution >= 4 is 29.8 Å². The average molecular weight is 571 g/mol. The first kappa shape index (κ1) is 29.1.